The summed E-state index contributed by atoms with van der Waals surface area (Å²) in [4.78, 5) is 19.9. The molecule has 2 aromatic carbocycles. The van der Waals surface area contributed by atoms with Gasteiger partial charge in [0, 0.05) is 23.1 Å². The van der Waals surface area contributed by atoms with Gasteiger partial charge in [0.05, 0.1) is 15.5 Å². The van der Waals surface area contributed by atoms with Gasteiger partial charge in [0.15, 0.2) is 0 Å². The van der Waals surface area contributed by atoms with Gasteiger partial charge in [0.25, 0.3) is 15.9 Å². The summed E-state index contributed by atoms with van der Waals surface area (Å²) < 4.78 is 26.9. The zero-order chi connectivity index (χ0) is 19.4. The molecule has 3 aromatic rings. The fourth-order valence-corrected chi connectivity index (χ4v) is 3.45. The molecule has 138 valence electrons. The molecule has 1 heterocycles. The van der Waals surface area contributed by atoms with Crippen LogP contribution in [0.5, 0.6) is 0 Å². The number of benzene rings is 2. The Labute approximate surface area is 165 Å². The summed E-state index contributed by atoms with van der Waals surface area (Å²) in [5, 5.41) is 3.26. The maximum Gasteiger partial charge on any atom is 0.264 e. The molecule has 0 aliphatic rings. The lowest BCUT2D eigenvalue weighted by Gasteiger charge is -2.09. The van der Waals surface area contributed by atoms with Crippen molar-refractivity contribution in [3.05, 3.63) is 76.5 Å². The minimum Gasteiger partial charge on any atom is -0.322 e. The fraction of sp³-hybridized carbons (Fsp3) is 0. The summed E-state index contributed by atoms with van der Waals surface area (Å²) in [7, 11) is -3.85. The number of amides is 1. The van der Waals surface area contributed by atoms with Crippen molar-refractivity contribution in [3.63, 3.8) is 0 Å². The molecular formula is C17H12Cl2N4O3S. The van der Waals surface area contributed by atoms with Crippen molar-refractivity contribution < 1.29 is 13.2 Å². The van der Waals surface area contributed by atoms with E-state index in [9.17, 15) is 13.2 Å². The normalized spacial score (nSPS) is 11.0. The number of carbonyl (C=O) groups excluding carboxylic acids is 1. The Bertz CT molecular complexity index is 1080. The number of hydrogen-bond acceptors (Lipinski definition) is 5. The summed E-state index contributed by atoms with van der Waals surface area (Å²) >= 11 is 11.9. The summed E-state index contributed by atoms with van der Waals surface area (Å²) in [6.07, 6.45) is 2.84. The lowest BCUT2D eigenvalue weighted by Crippen LogP contribution is -2.15. The molecule has 0 fully saturated rings. The number of aromatic nitrogens is 2. The van der Waals surface area contributed by atoms with Crippen molar-refractivity contribution in [2.75, 3.05) is 10.0 Å². The van der Waals surface area contributed by atoms with E-state index in [0.29, 0.717) is 10.7 Å². The third kappa shape index (κ3) is 4.73. The number of anilines is 2. The highest BCUT2D eigenvalue weighted by Gasteiger charge is 2.16. The maximum atomic E-state index is 12.3. The van der Waals surface area contributed by atoms with Gasteiger partial charge in [-0.15, -0.1) is 0 Å². The number of halogens is 2. The fourth-order valence-electron chi connectivity index (χ4n) is 2.12. The Morgan fingerprint density at radius 2 is 1.63 bits per heavy atom. The van der Waals surface area contributed by atoms with Crippen LogP contribution in [0.15, 0.2) is 65.8 Å². The molecule has 0 saturated heterocycles. The predicted octanol–water partition coefficient (Wildman–Crippen LogP) is 3.84. The number of nitrogens with zero attached hydrogens (tertiary/aromatic N) is 2. The van der Waals surface area contributed by atoms with Gasteiger partial charge in [-0.3, -0.25) is 4.79 Å². The second-order valence-corrected chi connectivity index (χ2v) is 7.81. The van der Waals surface area contributed by atoms with Crippen LogP contribution in [0.1, 0.15) is 10.4 Å². The van der Waals surface area contributed by atoms with Crippen molar-refractivity contribution >= 4 is 50.8 Å². The minimum atomic E-state index is -3.85. The van der Waals surface area contributed by atoms with Gasteiger partial charge in [-0.2, -0.15) is 0 Å². The Hall–Kier alpha value is -2.68. The van der Waals surface area contributed by atoms with Gasteiger partial charge in [-0.1, -0.05) is 23.2 Å². The maximum absolute atomic E-state index is 12.3. The van der Waals surface area contributed by atoms with E-state index < -0.39 is 15.9 Å². The van der Waals surface area contributed by atoms with Crippen LogP contribution in [-0.4, -0.2) is 24.3 Å². The highest BCUT2D eigenvalue weighted by molar-refractivity contribution is 7.92. The van der Waals surface area contributed by atoms with E-state index in [-0.39, 0.29) is 21.4 Å². The summed E-state index contributed by atoms with van der Waals surface area (Å²) in [6, 6.07) is 11.7. The topological polar surface area (TPSA) is 101 Å². The van der Waals surface area contributed by atoms with Crippen LogP contribution in [0.3, 0.4) is 0 Å². The molecule has 0 unspecified atom stereocenters. The molecule has 1 aromatic heterocycles. The second kappa shape index (κ2) is 7.91. The molecular weight excluding hydrogens is 411 g/mol. The van der Waals surface area contributed by atoms with Crippen molar-refractivity contribution in [1.82, 2.24) is 9.97 Å². The first-order valence-corrected chi connectivity index (χ1v) is 9.75. The van der Waals surface area contributed by atoms with E-state index in [1.807, 2.05) is 0 Å². The SMILES string of the molecule is O=C(Nc1ccc(S(=O)(=O)Nc2ncccn2)cc1)c1cc(Cl)ccc1Cl. The van der Waals surface area contributed by atoms with Crippen LogP contribution < -0.4 is 10.0 Å². The van der Waals surface area contributed by atoms with Crippen LogP contribution in [0, 0.1) is 0 Å². The highest BCUT2D eigenvalue weighted by atomic mass is 35.5. The number of sulfonamides is 1. The highest BCUT2D eigenvalue weighted by Crippen LogP contribution is 2.22. The smallest absolute Gasteiger partial charge is 0.264 e. The first-order valence-electron chi connectivity index (χ1n) is 7.51. The average Bonchev–Trinajstić information content (AvgIpc) is 2.64. The van der Waals surface area contributed by atoms with Crippen LogP contribution in [-0.2, 0) is 10.0 Å². The van der Waals surface area contributed by atoms with E-state index in [1.54, 1.807) is 12.1 Å². The molecule has 27 heavy (non-hydrogen) atoms. The van der Waals surface area contributed by atoms with Crippen LogP contribution in [0.25, 0.3) is 0 Å². The summed E-state index contributed by atoms with van der Waals surface area (Å²) in [5.74, 6) is -0.501. The molecule has 10 heteroatoms. The molecule has 1 amide bonds. The minimum absolute atomic E-state index is 0.00580. The predicted molar refractivity (Wildman–Crippen MR) is 104 cm³/mol. The number of carbonyl (C=O) groups is 1. The van der Waals surface area contributed by atoms with Gasteiger partial charge >= 0.3 is 0 Å². The quantitative estimate of drug-likeness (QED) is 0.650. The molecule has 3 rings (SSSR count). The molecule has 0 aliphatic heterocycles. The first kappa shape index (κ1) is 19.1. The molecule has 0 aliphatic carbocycles. The third-order valence-electron chi connectivity index (χ3n) is 3.39. The Kier molecular flexibility index (Phi) is 5.59. The average molecular weight is 423 g/mol. The van der Waals surface area contributed by atoms with Gasteiger partial charge in [0.2, 0.25) is 5.95 Å². The van der Waals surface area contributed by atoms with Crippen LogP contribution in [0.2, 0.25) is 10.0 Å². The van der Waals surface area contributed by atoms with Gasteiger partial charge in [0.1, 0.15) is 0 Å². The molecule has 0 atom stereocenters. The van der Waals surface area contributed by atoms with E-state index in [2.05, 4.69) is 20.0 Å². The molecule has 2 N–H and O–H groups in total. The Morgan fingerprint density at radius 3 is 2.30 bits per heavy atom. The van der Waals surface area contributed by atoms with Gasteiger partial charge in [-0.05, 0) is 48.5 Å². The molecule has 0 saturated carbocycles. The monoisotopic (exact) mass is 422 g/mol. The standard InChI is InChI=1S/C17H12Cl2N4O3S/c18-11-2-7-15(19)14(10-11)16(24)22-12-3-5-13(6-4-12)27(25,26)23-17-20-8-1-9-21-17/h1-10H,(H,22,24)(H,20,21,23). The molecule has 7 nitrogen and oxygen atoms in total. The number of rotatable bonds is 5. The first-order chi connectivity index (χ1) is 12.8. The van der Waals surface area contributed by atoms with Crippen LogP contribution in [0.4, 0.5) is 11.6 Å². The van der Waals surface area contributed by atoms with Gasteiger partial charge < -0.3 is 5.32 Å². The summed E-state index contributed by atoms with van der Waals surface area (Å²) in [6.45, 7) is 0. The molecule has 0 spiro atoms. The van der Waals surface area contributed by atoms with Crippen molar-refractivity contribution in [1.29, 1.82) is 0 Å². The van der Waals surface area contributed by atoms with Gasteiger partial charge in [-0.25, -0.2) is 23.1 Å². The van der Waals surface area contributed by atoms with E-state index in [4.69, 9.17) is 23.2 Å². The van der Waals surface area contributed by atoms with Crippen molar-refractivity contribution in [2.45, 2.75) is 4.90 Å². The zero-order valence-corrected chi connectivity index (χ0v) is 15.9. The Balaban J connectivity index is 1.75. The number of hydrogen-bond donors (Lipinski definition) is 2. The lowest BCUT2D eigenvalue weighted by atomic mass is 10.2. The molecule has 0 radical (unpaired) electrons. The van der Waals surface area contributed by atoms with Crippen LogP contribution >= 0.6 is 23.2 Å². The number of nitrogens with one attached hydrogen (secondary N) is 2. The van der Waals surface area contributed by atoms with E-state index in [0.717, 1.165) is 0 Å². The second-order valence-electron chi connectivity index (χ2n) is 5.28. The van der Waals surface area contributed by atoms with Crippen molar-refractivity contribution in [3.8, 4) is 0 Å². The summed E-state index contributed by atoms with van der Waals surface area (Å²) in [5.41, 5.74) is 0.606. The zero-order valence-electron chi connectivity index (χ0n) is 13.6. The lowest BCUT2D eigenvalue weighted by molar-refractivity contribution is 0.102. The Morgan fingerprint density at radius 1 is 0.963 bits per heavy atom. The largest absolute Gasteiger partial charge is 0.322 e. The van der Waals surface area contributed by atoms with Crippen molar-refractivity contribution in [2.24, 2.45) is 0 Å². The molecule has 0 bridgehead atoms. The van der Waals surface area contributed by atoms with E-state index >= 15 is 0 Å². The third-order valence-corrected chi connectivity index (χ3v) is 5.30. The van der Waals surface area contributed by atoms with E-state index in [1.165, 1.54) is 48.8 Å².